The first-order valence-corrected chi connectivity index (χ1v) is 8.06. The van der Waals surface area contributed by atoms with Crippen LogP contribution >= 0.6 is 0 Å². The van der Waals surface area contributed by atoms with E-state index in [9.17, 15) is 4.79 Å². The molecule has 3 atom stereocenters. The van der Waals surface area contributed by atoms with Gasteiger partial charge in [0.15, 0.2) is 0 Å². The minimum absolute atomic E-state index is 0.135. The highest BCUT2D eigenvalue weighted by Gasteiger charge is 2.28. The highest BCUT2D eigenvalue weighted by Crippen LogP contribution is 2.29. The fourth-order valence-corrected chi connectivity index (χ4v) is 3.32. The Morgan fingerprint density at radius 2 is 2.00 bits per heavy atom. The first-order chi connectivity index (χ1) is 10.6. The van der Waals surface area contributed by atoms with E-state index in [0.717, 1.165) is 23.0 Å². The molecule has 4 heteroatoms. The zero-order chi connectivity index (χ0) is 15.5. The summed E-state index contributed by atoms with van der Waals surface area (Å²) in [6.45, 7) is 4.50. The van der Waals surface area contributed by atoms with E-state index in [-0.39, 0.29) is 12.1 Å². The van der Waals surface area contributed by atoms with E-state index in [1.54, 1.807) is 6.20 Å². The van der Waals surface area contributed by atoms with Crippen LogP contribution < -0.4 is 10.6 Å². The van der Waals surface area contributed by atoms with Crippen molar-refractivity contribution >= 4 is 22.6 Å². The van der Waals surface area contributed by atoms with Gasteiger partial charge < -0.3 is 10.6 Å². The number of hydrogen-bond acceptors (Lipinski definition) is 2. The van der Waals surface area contributed by atoms with Crippen molar-refractivity contribution in [3.05, 3.63) is 36.5 Å². The van der Waals surface area contributed by atoms with Crippen LogP contribution in [0.15, 0.2) is 36.5 Å². The van der Waals surface area contributed by atoms with Gasteiger partial charge in [-0.05, 0) is 30.4 Å². The number of aromatic nitrogens is 1. The summed E-state index contributed by atoms with van der Waals surface area (Å²) in [7, 11) is 0. The lowest BCUT2D eigenvalue weighted by Gasteiger charge is -2.34. The molecule has 1 fully saturated rings. The van der Waals surface area contributed by atoms with Crippen molar-refractivity contribution in [1.29, 1.82) is 0 Å². The number of benzene rings is 1. The van der Waals surface area contributed by atoms with Crippen molar-refractivity contribution in [2.75, 3.05) is 5.32 Å². The van der Waals surface area contributed by atoms with Crippen molar-refractivity contribution in [2.24, 2.45) is 11.8 Å². The van der Waals surface area contributed by atoms with E-state index in [2.05, 4.69) is 29.5 Å². The van der Waals surface area contributed by atoms with E-state index in [1.807, 2.05) is 30.3 Å². The van der Waals surface area contributed by atoms with E-state index in [4.69, 9.17) is 0 Å². The molecule has 0 aliphatic heterocycles. The second kappa shape index (κ2) is 6.34. The second-order valence-electron chi connectivity index (χ2n) is 6.35. The first kappa shape index (κ1) is 14.8. The van der Waals surface area contributed by atoms with Crippen LogP contribution in [0.4, 0.5) is 10.5 Å². The molecule has 2 N–H and O–H groups in total. The summed E-state index contributed by atoms with van der Waals surface area (Å²) in [5.41, 5.74) is 1.58. The third-order valence-corrected chi connectivity index (χ3v) is 4.90. The maximum Gasteiger partial charge on any atom is 0.319 e. The van der Waals surface area contributed by atoms with Gasteiger partial charge in [-0.3, -0.25) is 4.98 Å². The van der Waals surface area contributed by atoms with Gasteiger partial charge in [0.25, 0.3) is 0 Å². The number of urea groups is 1. The first-order valence-electron chi connectivity index (χ1n) is 8.06. The van der Waals surface area contributed by atoms with E-state index in [1.165, 1.54) is 12.8 Å². The zero-order valence-corrected chi connectivity index (χ0v) is 13.2. The Morgan fingerprint density at radius 1 is 1.18 bits per heavy atom. The average Bonchev–Trinajstić information content (AvgIpc) is 2.52. The predicted molar refractivity (Wildman–Crippen MR) is 89.9 cm³/mol. The number of anilines is 1. The van der Waals surface area contributed by atoms with E-state index < -0.39 is 0 Å². The number of nitrogens with zero attached hydrogens (tertiary/aromatic N) is 1. The summed E-state index contributed by atoms with van der Waals surface area (Å²) in [4.78, 5) is 16.7. The molecule has 3 rings (SSSR count). The SMILES string of the molecule is CC1CCCC(NC(=O)Nc2cccc3cccnc23)C1C. The summed E-state index contributed by atoms with van der Waals surface area (Å²) in [5.74, 6) is 1.18. The minimum atomic E-state index is -0.135. The Balaban J connectivity index is 1.71. The number of carbonyl (C=O) groups excluding carboxylic acids is 1. The maximum absolute atomic E-state index is 12.3. The molecule has 0 saturated heterocycles. The third-order valence-electron chi connectivity index (χ3n) is 4.90. The normalized spacial score (nSPS) is 24.9. The van der Waals surface area contributed by atoms with Crippen LogP contribution in [-0.4, -0.2) is 17.1 Å². The van der Waals surface area contributed by atoms with Crippen molar-refractivity contribution in [3.8, 4) is 0 Å². The van der Waals surface area contributed by atoms with Gasteiger partial charge in [0.1, 0.15) is 0 Å². The molecule has 1 aromatic heterocycles. The molecule has 22 heavy (non-hydrogen) atoms. The van der Waals surface area contributed by atoms with Crippen molar-refractivity contribution in [1.82, 2.24) is 10.3 Å². The standard InChI is InChI=1S/C18H23N3O/c1-12-6-3-9-15(13(12)2)20-18(22)21-16-10-4-7-14-8-5-11-19-17(14)16/h4-5,7-8,10-13,15H,3,6,9H2,1-2H3,(H2,20,21,22). The van der Waals surface area contributed by atoms with E-state index >= 15 is 0 Å². The second-order valence-corrected chi connectivity index (χ2v) is 6.35. The van der Waals surface area contributed by atoms with Crippen LogP contribution in [0.3, 0.4) is 0 Å². The summed E-state index contributed by atoms with van der Waals surface area (Å²) >= 11 is 0. The smallest absolute Gasteiger partial charge is 0.319 e. The van der Waals surface area contributed by atoms with Gasteiger partial charge in [0.05, 0.1) is 11.2 Å². The fraction of sp³-hybridized carbons (Fsp3) is 0.444. The topological polar surface area (TPSA) is 54.0 Å². The highest BCUT2D eigenvalue weighted by atomic mass is 16.2. The summed E-state index contributed by atoms with van der Waals surface area (Å²) in [5, 5.41) is 7.12. The van der Waals surface area contributed by atoms with E-state index in [0.29, 0.717) is 11.8 Å². The molecule has 3 unspecified atom stereocenters. The highest BCUT2D eigenvalue weighted by molar-refractivity contribution is 5.99. The molecule has 1 saturated carbocycles. The molecule has 1 aromatic carbocycles. The molecule has 0 bridgehead atoms. The van der Waals surface area contributed by atoms with Gasteiger partial charge in [-0.25, -0.2) is 4.79 Å². The summed E-state index contributed by atoms with van der Waals surface area (Å²) in [6.07, 6.45) is 5.25. The lowest BCUT2D eigenvalue weighted by atomic mass is 9.78. The molecule has 0 radical (unpaired) electrons. The van der Waals surface area contributed by atoms with Gasteiger partial charge in [-0.15, -0.1) is 0 Å². The summed E-state index contributed by atoms with van der Waals surface area (Å²) < 4.78 is 0. The number of nitrogens with one attached hydrogen (secondary N) is 2. The van der Waals surface area contributed by atoms with Crippen molar-refractivity contribution in [3.63, 3.8) is 0 Å². The number of amides is 2. The molecule has 1 aliphatic carbocycles. The lowest BCUT2D eigenvalue weighted by Crippen LogP contribution is -2.45. The lowest BCUT2D eigenvalue weighted by molar-refractivity contribution is 0.201. The Labute approximate surface area is 131 Å². The Kier molecular flexibility index (Phi) is 4.27. The number of fused-ring (bicyclic) bond motifs is 1. The molecule has 0 spiro atoms. The van der Waals surface area contributed by atoms with Crippen LogP contribution in [0.25, 0.3) is 10.9 Å². The Bertz CT molecular complexity index is 665. The quantitative estimate of drug-likeness (QED) is 0.873. The van der Waals surface area contributed by atoms with Crippen molar-refractivity contribution in [2.45, 2.75) is 39.2 Å². The van der Waals surface area contributed by atoms with Gasteiger partial charge in [0.2, 0.25) is 0 Å². The average molecular weight is 297 g/mol. The Morgan fingerprint density at radius 3 is 2.86 bits per heavy atom. The van der Waals surface area contributed by atoms with Gasteiger partial charge in [-0.1, -0.05) is 44.9 Å². The number of rotatable bonds is 2. The number of para-hydroxylation sites is 1. The molecular formula is C18H23N3O. The van der Waals surface area contributed by atoms with Gasteiger partial charge in [-0.2, -0.15) is 0 Å². The molecule has 116 valence electrons. The molecule has 2 aromatic rings. The van der Waals surface area contributed by atoms with Gasteiger partial charge in [0, 0.05) is 17.6 Å². The Hall–Kier alpha value is -2.10. The molecule has 4 nitrogen and oxygen atoms in total. The molecular weight excluding hydrogens is 274 g/mol. The number of hydrogen-bond donors (Lipinski definition) is 2. The maximum atomic E-state index is 12.3. The van der Waals surface area contributed by atoms with Crippen LogP contribution in [-0.2, 0) is 0 Å². The number of carbonyl (C=O) groups is 1. The minimum Gasteiger partial charge on any atom is -0.335 e. The van der Waals surface area contributed by atoms with Crippen LogP contribution in [0.5, 0.6) is 0 Å². The van der Waals surface area contributed by atoms with Gasteiger partial charge >= 0.3 is 6.03 Å². The third kappa shape index (κ3) is 3.06. The summed E-state index contributed by atoms with van der Waals surface area (Å²) in [6, 6.07) is 9.84. The van der Waals surface area contributed by atoms with Crippen LogP contribution in [0.2, 0.25) is 0 Å². The monoisotopic (exact) mass is 297 g/mol. The number of pyridine rings is 1. The molecule has 1 aliphatic rings. The molecule has 1 heterocycles. The fourth-order valence-electron chi connectivity index (χ4n) is 3.32. The predicted octanol–water partition coefficient (Wildman–Crippen LogP) is 4.18. The van der Waals surface area contributed by atoms with Crippen LogP contribution in [0, 0.1) is 11.8 Å². The largest absolute Gasteiger partial charge is 0.335 e. The van der Waals surface area contributed by atoms with Crippen molar-refractivity contribution < 1.29 is 4.79 Å². The molecule has 2 amide bonds. The zero-order valence-electron chi connectivity index (χ0n) is 13.2. The van der Waals surface area contributed by atoms with Crippen LogP contribution in [0.1, 0.15) is 33.1 Å².